The average molecular weight is 408 g/mol. The van der Waals surface area contributed by atoms with Crippen molar-refractivity contribution < 1.29 is 28.6 Å². The summed E-state index contributed by atoms with van der Waals surface area (Å²) < 4.78 is 15.6. The molecule has 8 heteroatoms. The van der Waals surface area contributed by atoms with Crippen molar-refractivity contribution in [2.24, 2.45) is 11.8 Å². The third kappa shape index (κ3) is 7.63. The number of hydrogen-bond donors (Lipinski definition) is 2. The lowest BCUT2D eigenvalue weighted by atomic mass is 10.0. The lowest BCUT2D eigenvalue weighted by Gasteiger charge is -2.23. The molecule has 0 aromatic heterocycles. The average Bonchev–Trinajstić information content (AvgIpc) is 2.68. The lowest BCUT2D eigenvalue weighted by molar-refractivity contribution is -0.157. The molecule has 8 nitrogen and oxygen atoms in total. The van der Waals surface area contributed by atoms with Crippen LogP contribution < -0.4 is 20.1 Å². The Labute approximate surface area is 172 Å². The first kappa shape index (κ1) is 24.3. The van der Waals surface area contributed by atoms with Gasteiger partial charge in [-0.05, 0) is 30.9 Å². The maximum atomic E-state index is 12.7. The number of hydrogen-bond acceptors (Lipinski definition) is 6. The monoisotopic (exact) mass is 408 g/mol. The molecule has 0 spiro atoms. The number of carbonyl (C=O) groups excluding carboxylic acids is 3. The molecule has 2 amide bonds. The van der Waals surface area contributed by atoms with Gasteiger partial charge < -0.3 is 24.8 Å². The molecule has 29 heavy (non-hydrogen) atoms. The van der Waals surface area contributed by atoms with Crippen molar-refractivity contribution in [3.8, 4) is 11.5 Å². The number of carbonyl (C=O) groups is 3. The molecule has 0 bridgehead atoms. The number of ether oxygens (including phenoxy) is 3. The maximum absolute atomic E-state index is 12.7. The Morgan fingerprint density at radius 1 is 0.931 bits per heavy atom. The molecule has 0 saturated heterocycles. The van der Waals surface area contributed by atoms with Crippen LogP contribution in [0.1, 0.15) is 45.0 Å². The van der Waals surface area contributed by atoms with Crippen LogP contribution in [0.15, 0.2) is 18.2 Å². The molecular formula is C21H32N2O6. The molecule has 0 aliphatic rings. The van der Waals surface area contributed by atoms with Gasteiger partial charge in [0, 0.05) is 18.2 Å². The van der Waals surface area contributed by atoms with E-state index in [-0.39, 0.29) is 23.3 Å². The quantitative estimate of drug-likeness (QED) is 0.575. The largest absolute Gasteiger partial charge is 0.497 e. The van der Waals surface area contributed by atoms with E-state index in [0.717, 1.165) is 0 Å². The van der Waals surface area contributed by atoms with Crippen LogP contribution in [0.5, 0.6) is 11.5 Å². The normalized spacial score (nSPS) is 12.9. The minimum atomic E-state index is -0.962. The Bertz CT molecular complexity index is 695. The molecule has 1 unspecified atom stereocenters. The zero-order valence-corrected chi connectivity index (χ0v) is 18.2. The first-order valence-electron chi connectivity index (χ1n) is 9.61. The van der Waals surface area contributed by atoms with Gasteiger partial charge in [-0.25, -0.2) is 4.79 Å². The van der Waals surface area contributed by atoms with Crippen molar-refractivity contribution in [2.75, 3.05) is 20.8 Å². The van der Waals surface area contributed by atoms with Gasteiger partial charge in [0.25, 0.3) is 11.8 Å². The van der Waals surface area contributed by atoms with E-state index < -0.39 is 24.0 Å². The molecule has 1 aromatic carbocycles. The van der Waals surface area contributed by atoms with Crippen molar-refractivity contribution in [1.29, 1.82) is 0 Å². The fourth-order valence-corrected chi connectivity index (χ4v) is 2.41. The van der Waals surface area contributed by atoms with Crippen LogP contribution in [0.25, 0.3) is 0 Å². The third-order valence-corrected chi connectivity index (χ3v) is 4.17. The third-order valence-electron chi connectivity index (χ3n) is 4.17. The molecule has 1 rings (SSSR count). The zero-order chi connectivity index (χ0) is 22.1. The van der Waals surface area contributed by atoms with Gasteiger partial charge in [-0.3, -0.25) is 9.59 Å². The number of amides is 2. The van der Waals surface area contributed by atoms with E-state index in [1.54, 1.807) is 32.0 Å². The van der Waals surface area contributed by atoms with E-state index in [1.165, 1.54) is 21.1 Å². The highest BCUT2D eigenvalue weighted by atomic mass is 16.5. The topological polar surface area (TPSA) is 103 Å². The van der Waals surface area contributed by atoms with Crippen LogP contribution in [-0.4, -0.2) is 50.7 Å². The molecule has 0 heterocycles. The summed E-state index contributed by atoms with van der Waals surface area (Å²) in [6.45, 7) is 9.48. The van der Waals surface area contributed by atoms with Crippen molar-refractivity contribution in [1.82, 2.24) is 10.6 Å². The van der Waals surface area contributed by atoms with E-state index in [2.05, 4.69) is 10.6 Å². The Morgan fingerprint density at radius 3 is 1.93 bits per heavy atom. The van der Waals surface area contributed by atoms with E-state index in [4.69, 9.17) is 14.2 Å². The van der Waals surface area contributed by atoms with Gasteiger partial charge in [-0.2, -0.15) is 0 Å². The molecule has 0 fully saturated rings. The van der Waals surface area contributed by atoms with E-state index in [0.29, 0.717) is 18.0 Å². The summed E-state index contributed by atoms with van der Waals surface area (Å²) in [4.78, 5) is 37.3. The van der Waals surface area contributed by atoms with Gasteiger partial charge in [0.1, 0.15) is 17.5 Å². The van der Waals surface area contributed by atoms with Crippen LogP contribution in [-0.2, 0) is 14.3 Å². The van der Waals surface area contributed by atoms with Crippen molar-refractivity contribution >= 4 is 17.8 Å². The molecule has 0 radical (unpaired) electrons. The van der Waals surface area contributed by atoms with Crippen LogP contribution in [0, 0.1) is 11.8 Å². The molecule has 1 aromatic rings. The molecule has 0 saturated carbocycles. The second-order valence-corrected chi connectivity index (χ2v) is 7.51. The highest BCUT2D eigenvalue weighted by molar-refractivity contribution is 5.97. The first-order valence-corrected chi connectivity index (χ1v) is 9.61. The minimum absolute atomic E-state index is 0.245. The van der Waals surface area contributed by atoms with Crippen molar-refractivity contribution in [3.63, 3.8) is 0 Å². The Kier molecular flexibility index (Phi) is 9.44. The second-order valence-electron chi connectivity index (χ2n) is 7.51. The van der Waals surface area contributed by atoms with E-state index >= 15 is 0 Å². The molecule has 162 valence electrons. The standard InChI is InChI=1S/C21H32N2O6/c1-12(2)11-22-19(24)14(5)29-21(26)18(13(3)4)23-20(25)15-8-16(27-6)10-17(9-15)28-7/h8-10,12-14,18H,11H2,1-7H3,(H,22,24)(H,23,25)/t14?,18-/m0/s1. The predicted molar refractivity (Wildman–Crippen MR) is 109 cm³/mol. The summed E-state index contributed by atoms with van der Waals surface area (Å²) in [7, 11) is 2.97. The molecule has 0 aliphatic carbocycles. The fraction of sp³-hybridized carbons (Fsp3) is 0.571. The van der Waals surface area contributed by atoms with Crippen LogP contribution in [0.3, 0.4) is 0 Å². The van der Waals surface area contributed by atoms with Gasteiger partial charge >= 0.3 is 5.97 Å². The highest BCUT2D eigenvalue weighted by Crippen LogP contribution is 2.22. The number of benzene rings is 1. The Hall–Kier alpha value is -2.77. The molecule has 2 atom stereocenters. The number of esters is 1. The van der Waals surface area contributed by atoms with Crippen molar-refractivity contribution in [2.45, 2.75) is 46.8 Å². The molecule has 2 N–H and O–H groups in total. The smallest absolute Gasteiger partial charge is 0.329 e. The summed E-state index contributed by atoms with van der Waals surface area (Å²) in [5, 5.41) is 5.39. The van der Waals surface area contributed by atoms with E-state index in [9.17, 15) is 14.4 Å². The van der Waals surface area contributed by atoms with Gasteiger partial charge in [0.2, 0.25) is 0 Å². The summed E-state index contributed by atoms with van der Waals surface area (Å²) in [6, 6.07) is 3.81. The summed E-state index contributed by atoms with van der Waals surface area (Å²) >= 11 is 0. The second kappa shape index (κ2) is 11.3. The van der Waals surface area contributed by atoms with Gasteiger partial charge in [-0.15, -0.1) is 0 Å². The predicted octanol–water partition coefficient (Wildman–Crippen LogP) is 2.16. The Balaban J connectivity index is 2.86. The van der Waals surface area contributed by atoms with Crippen molar-refractivity contribution in [3.05, 3.63) is 23.8 Å². The summed E-state index contributed by atoms with van der Waals surface area (Å²) in [5.74, 6) is -0.583. The van der Waals surface area contributed by atoms with Crippen LogP contribution >= 0.6 is 0 Å². The highest BCUT2D eigenvalue weighted by Gasteiger charge is 2.29. The molecule has 0 aliphatic heterocycles. The van der Waals surface area contributed by atoms with Gasteiger partial charge in [-0.1, -0.05) is 27.7 Å². The zero-order valence-electron chi connectivity index (χ0n) is 18.2. The molecular weight excluding hydrogens is 376 g/mol. The van der Waals surface area contributed by atoms with Crippen LogP contribution in [0.4, 0.5) is 0 Å². The van der Waals surface area contributed by atoms with Gasteiger partial charge in [0.15, 0.2) is 6.10 Å². The minimum Gasteiger partial charge on any atom is -0.497 e. The number of nitrogens with one attached hydrogen (secondary N) is 2. The Morgan fingerprint density at radius 2 is 1.48 bits per heavy atom. The fourth-order valence-electron chi connectivity index (χ4n) is 2.41. The summed E-state index contributed by atoms with van der Waals surface area (Å²) in [5.41, 5.74) is 0.280. The van der Waals surface area contributed by atoms with E-state index in [1.807, 2.05) is 13.8 Å². The summed E-state index contributed by atoms with van der Waals surface area (Å²) in [6.07, 6.45) is -0.962. The first-order chi connectivity index (χ1) is 13.6. The maximum Gasteiger partial charge on any atom is 0.329 e. The number of rotatable bonds is 10. The van der Waals surface area contributed by atoms with Gasteiger partial charge in [0.05, 0.1) is 14.2 Å². The number of methoxy groups -OCH3 is 2. The SMILES string of the molecule is COc1cc(OC)cc(C(=O)N[C@H](C(=O)OC(C)C(=O)NCC(C)C)C(C)C)c1. The lowest BCUT2D eigenvalue weighted by Crippen LogP contribution is -2.48. The van der Waals surface area contributed by atoms with Crippen LogP contribution in [0.2, 0.25) is 0 Å².